The van der Waals surface area contributed by atoms with Crippen molar-refractivity contribution >= 4 is 11.9 Å². The Morgan fingerprint density at radius 2 is 1.92 bits per heavy atom. The van der Waals surface area contributed by atoms with Gasteiger partial charge in [-0.3, -0.25) is 4.79 Å². The smallest absolute Gasteiger partial charge is 0.326 e. The highest BCUT2D eigenvalue weighted by Crippen LogP contribution is 2.13. The Balaban J connectivity index is 2.17. The third-order valence-electron chi connectivity index (χ3n) is 3.85. The Morgan fingerprint density at radius 3 is 2.50 bits per heavy atom. The number of carbonyl (C=O) groups excluding carboxylic acids is 1. The number of carbonyl (C=O) groups is 2. The minimum absolute atomic E-state index is 0.218. The number of nitrogens with one attached hydrogen (secondary N) is 1. The molecule has 0 saturated carbocycles. The Morgan fingerprint density at radius 1 is 1.25 bits per heavy atom. The first-order chi connectivity index (χ1) is 11.4. The van der Waals surface area contributed by atoms with E-state index in [0.29, 0.717) is 6.42 Å². The lowest BCUT2D eigenvalue weighted by molar-refractivity contribution is -0.139. The van der Waals surface area contributed by atoms with Gasteiger partial charge in [-0.1, -0.05) is 37.5 Å². The van der Waals surface area contributed by atoms with Crippen molar-refractivity contribution in [1.82, 2.24) is 15.1 Å². The van der Waals surface area contributed by atoms with Crippen molar-refractivity contribution in [3.05, 3.63) is 47.3 Å². The molecular formula is C18H23N3O3. The molecule has 0 radical (unpaired) electrons. The molecule has 1 aromatic heterocycles. The predicted octanol–water partition coefficient (Wildman–Crippen LogP) is 2.86. The molecule has 0 aliphatic carbocycles. The van der Waals surface area contributed by atoms with Crippen LogP contribution in [0, 0.1) is 13.8 Å². The number of nitrogens with zero attached hydrogens (tertiary/aromatic N) is 2. The zero-order valence-corrected chi connectivity index (χ0v) is 14.2. The van der Waals surface area contributed by atoms with Crippen molar-refractivity contribution in [2.75, 3.05) is 0 Å². The molecule has 24 heavy (non-hydrogen) atoms. The van der Waals surface area contributed by atoms with Crippen LogP contribution in [-0.2, 0) is 4.79 Å². The van der Waals surface area contributed by atoms with Gasteiger partial charge >= 0.3 is 5.97 Å². The van der Waals surface area contributed by atoms with Crippen LogP contribution in [0.25, 0.3) is 5.69 Å². The Kier molecular flexibility index (Phi) is 5.73. The minimum atomic E-state index is -1.02. The summed E-state index contributed by atoms with van der Waals surface area (Å²) in [6.07, 6.45) is 2.03. The van der Waals surface area contributed by atoms with Gasteiger partial charge in [0.05, 0.1) is 5.69 Å². The highest BCUT2D eigenvalue weighted by Gasteiger charge is 2.22. The van der Waals surface area contributed by atoms with Gasteiger partial charge in [-0.15, -0.1) is 0 Å². The Labute approximate surface area is 141 Å². The number of hydrogen-bond acceptors (Lipinski definition) is 3. The molecule has 6 heteroatoms. The summed E-state index contributed by atoms with van der Waals surface area (Å²) in [6.45, 7) is 5.84. The van der Waals surface area contributed by atoms with E-state index < -0.39 is 17.9 Å². The summed E-state index contributed by atoms with van der Waals surface area (Å²) in [5.74, 6) is -1.49. The summed E-state index contributed by atoms with van der Waals surface area (Å²) in [5, 5.41) is 16.1. The van der Waals surface area contributed by atoms with Gasteiger partial charge in [-0.2, -0.15) is 5.10 Å². The van der Waals surface area contributed by atoms with Crippen LogP contribution in [0.4, 0.5) is 0 Å². The number of amides is 1. The summed E-state index contributed by atoms with van der Waals surface area (Å²) in [5.41, 5.74) is 3.03. The van der Waals surface area contributed by atoms with Gasteiger partial charge in [0.25, 0.3) is 5.91 Å². The van der Waals surface area contributed by atoms with Crippen LogP contribution < -0.4 is 5.32 Å². The molecule has 2 N–H and O–H groups in total. The fraction of sp³-hybridized carbons (Fsp3) is 0.389. The fourth-order valence-corrected chi connectivity index (χ4v) is 2.43. The number of aliphatic carboxylic acids is 1. The van der Waals surface area contributed by atoms with Gasteiger partial charge in [0.1, 0.15) is 6.04 Å². The summed E-state index contributed by atoms with van der Waals surface area (Å²) in [4.78, 5) is 23.6. The molecule has 0 aliphatic rings. The average molecular weight is 329 g/mol. The summed E-state index contributed by atoms with van der Waals surface area (Å²) in [6, 6.07) is 8.58. The van der Waals surface area contributed by atoms with Gasteiger partial charge in [0.2, 0.25) is 0 Å². The van der Waals surface area contributed by atoms with E-state index in [4.69, 9.17) is 0 Å². The first-order valence-electron chi connectivity index (χ1n) is 8.09. The van der Waals surface area contributed by atoms with Crippen LogP contribution in [-0.4, -0.2) is 32.8 Å². The normalized spacial score (nSPS) is 12.0. The number of rotatable bonds is 7. The molecule has 6 nitrogen and oxygen atoms in total. The van der Waals surface area contributed by atoms with Crippen LogP contribution in [0.15, 0.2) is 30.3 Å². The van der Waals surface area contributed by atoms with Crippen LogP contribution >= 0.6 is 0 Å². The van der Waals surface area contributed by atoms with Crippen LogP contribution in [0.3, 0.4) is 0 Å². The standard InChI is InChI=1S/C18H23N3O3/c1-4-5-6-15(18(23)24)19-17(22)16-11-13(3)21(20-16)14-9-7-12(2)8-10-14/h7-11,15H,4-6H2,1-3H3,(H,19,22)(H,23,24)/t15-/m0/s1. The fourth-order valence-electron chi connectivity index (χ4n) is 2.43. The molecule has 0 fully saturated rings. The Hall–Kier alpha value is -2.63. The van der Waals surface area contributed by atoms with Crippen LogP contribution in [0.5, 0.6) is 0 Å². The summed E-state index contributed by atoms with van der Waals surface area (Å²) < 4.78 is 1.68. The second kappa shape index (κ2) is 7.77. The number of hydrogen-bond donors (Lipinski definition) is 2. The van der Waals surface area contributed by atoms with Crippen molar-refractivity contribution in [1.29, 1.82) is 0 Å². The summed E-state index contributed by atoms with van der Waals surface area (Å²) in [7, 11) is 0. The minimum Gasteiger partial charge on any atom is -0.480 e. The molecule has 2 aromatic rings. The molecule has 0 unspecified atom stereocenters. The quantitative estimate of drug-likeness (QED) is 0.818. The zero-order valence-electron chi connectivity index (χ0n) is 14.2. The first kappa shape index (κ1) is 17.7. The Bertz CT molecular complexity index is 720. The lowest BCUT2D eigenvalue weighted by Crippen LogP contribution is -2.40. The highest BCUT2D eigenvalue weighted by molar-refractivity contribution is 5.95. The van der Waals surface area contributed by atoms with Gasteiger partial charge in [-0.05, 0) is 38.5 Å². The molecule has 1 heterocycles. The van der Waals surface area contributed by atoms with Gasteiger partial charge in [0.15, 0.2) is 5.69 Å². The summed E-state index contributed by atoms with van der Waals surface area (Å²) >= 11 is 0. The van der Waals surface area contributed by atoms with Crippen molar-refractivity contribution in [2.45, 2.75) is 46.1 Å². The molecule has 0 spiro atoms. The number of aryl methyl sites for hydroxylation is 2. The molecule has 2 rings (SSSR count). The van der Waals surface area contributed by atoms with E-state index in [2.05, 4.69) is 10.4 Å². The zero-order chi connectivity index (χ0) is 17.7. The third-order valence-corrected chi connectivity index (χ3v) is 3.85. The maximum Gasteiger partial charge on any atom is 0.326 e. The van der Waals surface area contributed by atoms with Crippen molar-refractivity contribution in [3.8, 4) is 5.69 Å². The van der Waals surface area contributed by atoms with E-state index in [9.17, 15) is 14.7 Å². The number of carboxylic acid groups (broad SMARTS) is 1. The number of carboxylic acids is 1. The van der Waals surface area contributed by atoms with E-state index in [1.54, 1.807) is 10.7 Å². The van der Waals surface area contributed by atoms with E-state index in [0.717, 1.165) is 29.8 Å². The van der Waals surface area contributed by atoms with Gasteiger partial charge in [0, 0.05) is 5.69 Å². The van der Waals surface area contributed by atoms with E-state index >= 15 is 0 Å². The molecule has 1 amide bonds. The SMILES string of the molecule is CCCC[C@H](NC(=O)c1cc(C)n(-c2ccc(C)cc2)n1)C(=O)O. The maximum atomic E-state index is 12.3. The topological polar surface area (TPSA) is 84.2 Å². The molecule has 1 atom stereocenters. The lowest BCUT2D eigenvalue weighted by atomic mass is 10.1. The predicted molar refractivity (Wildman–Crippen MR) is 91.5 cm³/mol. The monoisotopic (exact) mass is 329 g/mol. The second-order valence-corrected chi connectivity index (χ2v) is 5.92. The first-order valence-corrected chi connectivity index (χ1v) is 8.09. The van der Waals surface area contributed by atoms with Crippen LogP contribution in [0.1, 0.15) is 47.9 Å². The van der Waals surface area contributed by atoms with Crippen LogP contribution in [0.2, 0.25) is 0 Å². The maximum absolute atomic E-state index is 12.3. The average Bonchev–Trinajstić information content (AvgIpc) is 2.93. The lowest BCUT2D eigenvalue weighted by Gasteiger charge is -2.12. The number of aromatic nitrogens is 2. The van der Waals surface area contributed by atoms with E-state index in [1.165, 1.54) is 0 Å². The number of benzene rings is 1. The molecule has 0 aliphatic heterocycles. The highest BCUT2D eigenvalue weighted by atomic mass is 16.4. The van der Waals surface area contributed by atoms with Gasteiger partial charge in [-0.25, -0.2) is 9.48 Å². The van der Waals surface area contributed by atoms with E-state index in [1.807, 2.05) is 45.0 Å². The number of unbranched alkanes of at least 4 members (excludes halogenated alkanes) is 1. The second-order valence-electron chi connectivity index (χ2n) is 5.92. The van der Waals surface area contributed by atoms with Gasteiger partial charge < -0.3 is 10.4 Å². The van der Waals surface area contributed by atoms with Crippen molar-refractivity contribution in [3.63, 3.8) is 0 Å². The molecule has 0 bridgehead atoms. The molecule has 0 saturated heterocycles. The van der Waals surface area contributed by atoms with Crippen molar-refractivity contribution < 1.29 is 14.7 Å². The molecular weight excluding hydrogens is 306 g/mol. The van der Waals surface area contributed by atoms with E-state index in [-0.39, 0.29) is 5.69 Å². The molecule has 128 valence electrons. The third kappa shape index (κ3) is 4.22. The van der Waals surface area contributed by atoms with Crippen molar-refractivity contribution in [2.24, 2.45) is 0 Å². The largest absolute Gasteiger partial charge is 0.480 e. The molecule has 1 aromatic carbocycles.